The van der Waals surface area contributed by atoms with Crippen LogP contribution in [0.25, 0.3) is 0 Å². The fourth-order valence-electron chi connectivity index (χ4n) is 2.53. The maximum absolute atomic E-state index is 12.5. The summed E-state index contributed by atoms with van der Waals surface area (Å²) in [7, 11) is 0. The lowest BCUT2D eigenvalue weighted by Gasteiger charge is -2.10. The molecule has 0 aliphatic carbocycles. The molecule has 0 fully saturated rings. The molecule has 1 N–H and O–H groups in total. The average Bonchev–Trinajstić information content (AvgIpc) is 3.04. The summed E-state index contributed by atoms with van der Waals surface area (Å²) in [4.78, 5) is 12.4. The minimum absolute atomic E-state index is 0.0273. The summed E-state index contributed by atoms with van der Waals surface area (Å²) in [5.74, 6) is -0.719. The fraction of sp³-hybridized carbons (Fsp3) is 0.158. The van der Waals surface area contributed by atoms with Crippen LogP contribution in [0.5, 0.6) is 5.75 Å². The van der Waals surface area contributed by atoms with Crippen molar-refractivity contribution in [3.63, 3.8) is 0 Å². The molecule has 0 saturated carbocycles. The van der Waals surface area contributed by atoms with Gasteiger partial charge in [-0.1, -0.05) is 36.4 Å². The van der Waals surface area contributed by atoms with Gasteiger partial charge in [-0.25, -0.2) is 0 Å². The van der Waals surface area contributed by atoms with Crippen molar-refractivity contribution in [1.82, 2.24) is 9.78 Å². The second kappa shape index (κ2) is 7.77. The summed E-state index contributed by atoms with van der Waals surface area (Å²) in [6.45, 7) is -0.421. The molecule has 1 heterocycles. The molecule has 0 aliphatic heterocycles. The Morgan fingerprint density at radius 2 is 1.92 bits per heavy atom. The number of benzene rings is 2. The van der Waals surface area contributed by atoms with Gasteiger partial charge in [-0.2, -0.15) is 13.9 Å². The first-order valence-corrected chi connectivity index (χ1v) is 7.95. The molecule has 7 heteroatoms. The van der Waals surface area contributed by atoms with Crippen molar-refractivity contribution in [3.8, 4) is 5.75 Å². The van der Waals surface area contributed by atoms with Crippen LogP contribution in [0.2, 0.25) is 0 Å². The summed E-state index contributed by atoms with van der Waals surface area (Å²) in [6.07, 6.45) is 3.19. The fourth-order valence-corrected chi connectivity index (χ4v) is 2.53. The van der Waals surface area contributed by atoms with Crippen molar-refractivity contribution < 1.29 is 18.3 Å². The molecule has 0 saturated heterocycles. The molecule has 3 aromatic rings. The summed E-state index contributed by atoms with van der Waals surface area (Å²) < 4.78 is 31.0. The van der Waals surface area contributed by atoms with E-state index in [0.717, 1.165) is 11.1 Å². The van der Waals surface area contributed by atoms with Crippen LogP contribution in [0, 0.1) is 6.92 Å². The molecule has 0 bridgehead atoms. The molecule has 0 atom stereocenters. The van der Waals surface area contributed by atoms with Crippen molar-refractivity contribution in [2.75, 3.05) is 5.32 Å². The van der Waals surface area contributed by atoms with E-state index >= 15 is 0 Å². The molecule has 0 spiro atoms. The number of para-hydroxylation sites is 1. The maximum Gasteiger partial charge on any atom is 0.387 e. The molecule has 0 radical (unpaired) electrons. The van der Waals surface area contributed by atoms with Gasteiger partial charge in [-0.3, -0.25) is 9.48 Å². The molecule has 0 unspecified atom stereocenters. The van der Waals surface area contributed by atoms with E-state index in [4.69, 9.17) is 0 Å². The number of amides is 1. The number of carbonyl (C=O) groups is 1. The number of rotatable bonds is 6. The zero-order valence-electron chi connectivity index (χ0n) is 14.0. The number of alkyl halides is 2. The van der Waals surface area contributed by atoms with E-state index in [1.165, 1.54) is 24.4 Å². The van der Waals surface area contributed by atoms with Gasteiger partial charge in [-0.05, 0) is 30.2 Å². The third-order valence-electron chi connectivity index (χ3n) is 3.83. The number of aromatic nitrogens is 2. The third-order valence-corrected chi connectivity index (χ3v) is 3.83. The number of ether oxygens (including phenoxy) is 1. The Bertz CT molecular complexity index is 909. The van der Waals surface area contributed by atoms with Crippen molar-refractivity contribution in [2.45, 2.75) is 20.1 Å². The second-order valence-electron chi connectivity index (χ2n) is 5.68. The molecule has 1 aromatic heterocycles. The monoisotopic (exact) mass is 357 g/mol. The molecular weight excluding hydrogens is 340 g/mol. The number of nitrogens with zero attached hydrogens (tertiary/aromatic N) is 2. The molecule has 26 heavy (non-hydrogen) atoms. The smallest absolute Gasteiger partial charge is 0.387 e. The molecular formula is C19H17F2N3O2. The van der Waals surface area contributed by atoms with Crippen LogP contribution in [0.15, 0.2) is 60.9 Å². The first-order chi connectivity index (χ1) is 12.5. The van der Waals surface area contributed by atoms with Gasteiger partial charge in [0.2, 0.25) is 0 Å². The lowest BCUT2D eigenvalue weighted by molar-refractivity contribution is -0.0501. The highest BCUT2D eigenvalue weighted by atomic mass is 19.3. The van der Waals surface area contributed by atoms with E-state index in [-0.39, 0.29) is 11.3 Å². The lowest BCUT2D eigenvalue weighted by atomic mass is 10.1. The van der Waals surface area contributed by atoms with Gasteiger partial charge in [0.15, 0.2) is 0 Å². The largest absolute Gasteiger partial charge is 0.434 e. The molecule has 1 amide bonds. The van der Waals surface area contributed by atoms with E-state index in [1.54, 1.807) is 16.9 Å². The minimum Gasteiger partial charge on any atom is -0.434 e. The number of carbonyl (C=O) groups excluding carboxylic acids is 1. The Kier molecular flexibility index (Phi) is 5.26. The van der Waals surface area contributed by atoms with Crippen LogP contribution in [-0.2, 0) is 6.54 Å². The average molecular weight is 357 g/mol. The standard InChI is InChI=1S/C19H17F2N3O2/c1-13-6-2-3-7-14(13)11-24-12-15(10-22-24)23-18(25)16-8-4-5-9-17(16)26-19(20)21/h2-10,12,19H,11H2,1H3,(H,23,25). The van der Waals surface area contributed by atoms with Crippen LogP contribution in [0.1, 0.15) is 21.5 Å². The van der Waals surface area contributed by atoms with Crippen molar-refractivity contribution in [1.29, 1.82) is 0 Å². The van der Waals surface area contributed by atoms with Gasteiger partial charge in [0, 0.05) is 6.20 Å². The Labute approximate surface area is 149 Å². The lowest BCUT2D eigenvalue weighted by Crippen LogP contribution is -2.14. The van der Waals surface area contributed by atoms with E-state index < -0.39 is 12.5 Å². The number of hydrogen-bond acceptors (Lipinski definition) is 3. The molecule has 0 aliphatic rings. The summed E-state index contributed by atoms with van der Waals surface area (Å²) >= 11 is 0. The van der Waals surface area contributed by atoms with Gasteiger partial charge < -0.3 is 10.1 Å². The van der Waals surface area contributed by atoms with Gasteiger partial charge >= 0.3 is 6.61 Å². The van der Waals surface area contributed by atoms with Gasteiger partial charge in [0.1, 0.15) is 5.75 Å². The van der Waals surface area contributed by atoms with Crippen LogP contribution in [-0.4, -0.2) is 22.3 Å². The Hall–Kier alpha value is -3.22. The highest BCUT2D eigenvalue weighted by Gasteiger charge is 2.16. The van der Waals surface area contributed by atoms with Gasteiger partial charge in [-0.15, -0.1) is 0 Å². The quantitative estimate of drug-likeness (QED) is 0.723. The summed E-state index contributed by atoms with van der Waals surface area (Å²) in [6, 6.07) is 13.8. The first kappa shape index (κ1) is 17.6. The number of hydrogen-bond donors (Lipinski definition) is 1. The van der Waals surface area contributed by atoms with E-state index in [2.05, 4.69) is 15.2 Å². The maximum atomic E-state index is 12.5. The highest BCUT2D eigenvalue weighted by Crippen LogP contribution is 2.21. The van der Waals surface area contributed by atoms with Crippen LogP contribution >= 0.6 is 0 Å². The zero-order valence-corrected chi connectivity index (χ0v) is 14.0. The summed E-state index contributed by atoms with van der Waals surface area (Å²) in [5.41, 5.74) is 2.76. The first-order valence-electron chi connectivity index (χ1n) is 7.95. The number of anilines is 1. The number of nitrogens with one attached hydrogen (secondary N) is 1. The van der Waals surface area contributed by atoms with Crippen LogP contribution < -0.4 is 10.1 Å². The topological polar surface area (TPSA) is 56.2 Å². The molecule has 134 valence electrons. The normalized spacial score (nSPS) is 10.8. The highest BCUT2D eigenvalue weighted by molar-refractivity contribution is 6.06. The molecule has 5 nitrogen and oxygen atoms in total. The van der Waals surface area contributed by atoms with Crippen molar-refractivity contribution >= 4 is 11.6 Å². The predicted octanol–water partition coefficient (Wildman–Crippen LogP) is 4.09. The number of aryl methyl sites for hydroxylation is 1. The predicted molar refractivity (Wildman–Crippen MR) is 93.5 cm³/mol. The Morgan fingerprint density at radius 1 is 1.19 bits per heavy atom. The van der Waals surface area contributed by atoms with Gasteiger partial charge in [0.25, 0.3) is 5.91 Å². The SMILES string of the molecule is Cc1ccccc1Cn1cc(NC(=O)c2ccccc2OC(F)F)cn1. The Balaban J connectivity index is 1.71. The molecule has 3 rings (SSSR count). The van der Waals surface area contributed by atoms with Crippen molar-refractivity contribution in [3.05, 3.63) is 77.6 Å². The van der Waals surface area contributed by atoms with E-state index in [9.17, 15) is 13.6 Å². The molecule has 2 aromatic carbocycles. The Morgan fingerprint density at radius 3 is 2.69 bits per heavy atom. The minimum atomic E-state index is -3.00. The van der Waals surface area contributed by atoms with Crippen LogP contribution in [0.3, 0.4) is 0 Å². The number of halogens is 2. The van der Waals surface area contributed by atoms with E-state index in [0.29, 0.717) is 12.2 Å². The third kappa shape index (κ3) is 4.24. The van der Waals surface area contributed by atoms with Crippen molar-refractivity contribution in [2.24, 2.45) is 0 Å². The second-order valence-corrected chi connectivity index (χ2v) is 5.68. The van der Waals surface area contributed by atoms with E-state index in [1.807, 2.05) is 31.2 Å². The zero-order chi connectivity index (χ0) is 18.5. The van der Waals surface area contributed by atoms with Crippen LogP contribution in [0.4, 0.5) is 14.5 Å². The van der Waals surface area contributed by atoms with Gasteiger partial charge in [0.05, 0.1) is 24.0 Å². The summed E-state index contributed by atoms with van der Waals surface area (Å²) in [5, 5.41) is 6.87.